The Hall–Kier alpha value is -2.20. The van der Waals surface area contributed by atoms with E-state index in [9.17, 15) is 4.39 Å². The smallest absolute Gasteiger partial charge is 0.149 e. The average Bonchev–Trinajstić information content (AvgIpc) is 2.49. The van der Waals surface area contributed by atoms with Crippen LogP contribution in [0.2, 0.25) is 13.1 Å². The molecule has 1 heterocycles. The summed E-state index contributed by atoms with van der Waals surface area (Å²) in [5.74, 6) is 1.26. The summed E-state index contributed by atoms with van der Waals surface area (Å²) >= 11 is 0. The largest absolute Gasteiger partial charge is 0.456 e. The molecule has 0 saturated heterocycles. The van der Waals surface area contributed by atoms with Crippen LogP contribution in [0.4, 0.5) is 4.39 Å². The summed E-state index contributed by atoms with van der Waals surface area (Å²) in [5, 5.41) is 2.03. The molecule has 4 heteroatoms. The number of aromatic nitrogens is 1. The molecule has 3 rings (SSSR count). The van der Waals surface area contributed by atoms with Gasteiger partial charge in [0, 0.05) is 5.39 Å². The zero-order chi connectivity index (χ0) is 15.7. The Balaban J connectivity index is 2.06. The number of halogens is 1. The summed E-state index contributed by atoms with van der Waals surface area (Å²) in [5.41, 5.74) is 1.08. The molecule has 3 aromatic rings. The molecule has 0 aliphatic rings. The maximum absolute atomic E-state index is 13.8. The summed E-state index contributed by atoms with van der Waals surface area (Å²) in [6.45, 7) is 6.38. The van der Waals surface area contributed by atoms with Crippen molar-refractivity contribution in [3.63, 3.8) is 0 Å². The van der Waals surface area contributed by atoms with E-state index in [1.807, 2.05) is 37.3 Å². The van der Waals surface area contributed by atoms with Crippen molar-refractivity contribution in [3.8, 4) is 11.5 Å². The minimum Gasteiger partial charge on any atom is -0.456 e. The molecule has 22 heavy (non-hydrogen) atoms. The van der Waals surface area contributed by atoms with Gasteiger partial charge in [-0.05, 0) is 30.3 Å². The highest BCUT2D eigenvalue weighted by atomic mass is 28.3. The fourth-order valence-corrected chi connectivity index (χ4v) is 3.73. The molecule has 0 radical (unpaired) electrons. The Kier molecular flexibility index (Phi) is 3.94. The monoisotopic (exact) mass is 311 g/mol. The Morgan fingerprint density at radius 3 is 2.55 bits per heavy atom. The molecule has 1 aromatic heterocycles. The highest BCUT2D eigenvalue weighted by Crippen LogP contribution is 2.28. The molecular weight excluding hydrogens is 293 g/mol. The van der Waals surface area contributed by atoms with Gasteiger partial charge in [0.05, 0.1) is 14.5 Å². The van der Waals surface area contributed by atoms with Crippen molar-refractivity contribution < 1.29 is 9.13 Å². The van der Waals surface area contributed by atoms with Gasteiger partial charge in [-0.3, -0.25) is 0 Å². The number of nitrogens with zero attached hydrogens (tertiary/aromatic N) is 1. The Morgan fingerprint density at radius 1 is 1.00 bits per heavy atom. The van der Waals surface area contributed by atoms with Crippen LogP contribution in [0.5, 0.6) is 11.5 Å². The normalized spacial score (nSPS) is 11.1. The van der Waals surface area contributed by atoms with Crippen LogP contribution in [0.1, 0.15) is 5.69 Å². The standard InChI is InChI=1S/C18H18FNOSi/c1-12-16(11-13-7-6-8-14(19)18(13)20-12)21-15-9-4-5-10-17(15)22(2)3/h4-11,22H,1-3H3. The van der Waals surface area contributed by atoms with Crippen LogP contribution in [-0.2, 0) is 0 Å². The molecule has 0 aliphatic carbocycles. The zero-order valence-electron chi connectivity index (χ0n) is 12.9. The second-order valence-corrected chi connectivity index (χ2v) is 8.61. The van der Waals surface area contributed by atoms with E-state index in [0.717, 1.165) is 11.1 Å². The maximum Gasteiger partial charge on any atom is 0.149 e. The first kappa shape index (κ1) is 14.7. The topological polar surface area (TPSA) is 22.1 Å². The van der Waals surface area contributed by atoms with Crippen molar-refractivity contribution in [2.75, 3.05) is 0 Å². The third-order valence-corrected chi connectivity index (χ3v) is 5.42. The molecule has 0 N–H and O–H groups in total. The van der Waals surface area contributed by atoms with E-state index in [2.05, 4.69) is 24.1 Å². The van der Waals surface area contributed by atoms with Crippen LogP contribution in [0.3, 0.4) is 0 Å². The van der Waals surface area contributed by atoms with Crippen molar-refractivity contribution in [1.82, 2.24) is 4.98 Å². The molecule has 112 valence electrons. The molecule has 2 nitrogen and oxygen atoms in total. The quantitative estimate of drug-likeness (QED) is 0.677. The van der Waals surface area contributed by atoms with Gasteiger partial charge < -0.3 is 4.74 Å². The second kappa shape index (κ2) is 5.89. The van der Waals surface area contributed by atoms with Gasteiger partial charge in [0.1, 0.15) is 22.8 Å². The molecule has 0 aliphatic heterocycles. The third-order valence-electron chi connectivity index (χ3n) is 3.70. The van der Waals surface area contributed by atoms with E-state index in [0.29, 0.717) is 17.0 Å². The lowest BCUT2D eigenvalue weighted by molar-refractivity contribution is 0.480. The second-order valence-electron chi connectivity index (χ2n) is 5.68. The number of aryl methyl sites for hydroxylation is 1. The van der Waals surface area contributed by atoms with Crippen molar-refractivity contribution in [3.05, 3.63) is 60.0 Å². The van der Waals surface area contributed by atoms with Crippen LogP contribution in [-0.4, -0.2) is 13.8 Å². The molecular formula is C18H18FNOSi. The van der Waals surface area contributed by atoms with E-state index in [1.54, 1.807) is 6.07 Å². The van der Waals surface area contributed by atoms with Crippen LogP contribution >= 0.6 is 0 Å². The van der Waals surface area contributed by atoms with E-state index in [-0.39, 0.29) is 5.82 Å². The molecule has 0 unspecified atom stereocenters. The molecule has 0 amide bonds. The first-order valence-electron chi connectivity index (χ1n) is 7.39. The van der Waals surface area contributed by atoms with Gasteiger partial charge in [0.2, 0.25) is 0 Å². The van der Waals surface area contributed by atoms with Crippen LogP contribution in [0, 0.1) is 12.7 Å². The van der Waals surface area contributed by atoms with Crippen LogP contribution < -0.4 is 9.92 Å². The summed E-state index contributed by atoms with van der Waals surface area (Å²) in [7, 11) is -0.988. The molecule has 2 aromatic carbocycles. The SMILES string of the molecule is Cc1nc2c(F)cccc2cc1Oc1ccccc1[SiH](C)C. The number of fused-ring (bicyclic) bond motifs is 1. The highest BCUT2D eigenvalue weighted by molar-refractivity contribution is 6.71. The highest BCUT2D eigenvalue weighted by Gasteiger charge is 2.12. The fourth-order valence-electron chi connectivity index (χ4n) is 2.51. The molecule has 0 saturated carbocycles. The van der Waals surface area contributed by atoms with Gasteiger partial charge in [-0.2, -0.15) is 0 Å². The number of hydrogen-bond donors (Lipinski definition) is 0. The number of hydrogen-bond acceptors (Lipinski definition) is 2. The first-order chi connectivity index (χ1) is 10.6. The molecule has 0 spiro atoms. The lowest BCUT2D eigenvalue weighted by Crippen LogP contribution is -2.24. The summed E-state index contributed by atoms with van der Waals surface area (Å²) in [6.07, 6.45) is 0. The number of pyridine rings is 1. The minimum absolute atomic E-state index is 0.304. The summed E-state index contributed by atoms with van der Waals surface area (Å²) in [6, 6.07) is 14.9. The van der Waals surface area contributed by atoms with Gasteiger partial charge >= 0.3 is 0 Å². The minimum atomic E-state index is -0.988. The van der Waals surface area contributed by atoms with Crippen molar-refractivity contribution in [2.45, 2.75) is 20.0 Å². The Bertz CT molecular complexity index is 832. The molecule has 0 atom stereocenters. The number of ether oxygens (including phenoxy) is 1. The van der Waals surface area contributed by atoms with Crippen molar-refractivity contribution in [2.24, 2.45) is 0 Å². The number of para-hydroxylation sites is 2. The predicted octanol–water partition coefficient (Wildman–Crippen LogP) is 4.17. The Morgan fingerprint density at radius 2 is 1.77 bits per heavy atom. The number of rotatable bonds is 3. The maximum atomic E-state index is 13.8. The predicted molar refractivity (Wildman–Crippen MR) is 91.5 cm³/mol. The lowest BCUT2D eigenvalue weighted by atomic mass is 10.2. The fraction of sp³-hybridized carbons (Fsp3) is 0.167. The first-order valence-corrected chi connectivity index (χ1v) is 10.3. The summed E-state index contributed by atoms with van der Waals surface area (Å²) < 4.78 is 19.9. The van der Waals surface area contributed by atoms with Crippen LogP contribution in [0.25, 0.3) is 10.9 Å². The molecule has 0 bridgehead atoms. The van der Waals surface area contributed by atoms with Crippen molar-refractivity contribution in [1.29, 1.82) is 0 Å². The van der Waals surface area contributed by atoms with E-state index in [1.165, 1.54) is 11.3 Å². The van der Waals surface area contributed by atoms with Gasteiger partial charge in [0.15, 0.2) is 0 Å². The van der Waals surface area contributed by atoms with Gasteiger partial charge in [-0.15, -0.1) is 0 Å². The number of benzene rings is 2. The van der Waals surface area contributed by atoms with Gasteiger partial charge in [-0.1, -0.05) is 43.4 Å². The van der Waals surface area contributed by atoms with E-state index < -0.39 is 8.80 Å². The lowest BCUT2D eigenvalue weighted by Gasteiger charge is -2.14. The van der Waals surface area contributed by atoms with Crippen LogP contribution in [0.15, 0.2) is 48.5 Å². The van der Waals surface area contributed by atoms with E-state index >= 15 is 0 Å². The third kappa shape index (κ3) is 2.74. The van der Waals surface area contributed by atoms with E-state index in [4.69, 9.17) is 4.74 Å². The molecule has 0 fully saturated rings. The summed E-state index contributed by atoms with van der Waals surface area (Å²) in [4.78, 5) is 4.36. The average molecular weight is 311 g/mol. The Labute approximate surface area is 131 Å². The van der Waals surface area contributed by atoms with Gasteiger partial charge in [-0.25, -0.2) is 9.37 Å². The van der Waals surface area contributed by atoms with Crippen molar-refractivity contribution >= 4 is 24.9 Å². The van der Waals surface area contributed by atoms with Gasteiger partial charge in [0.25, 0.3) is 0 Å². The zero-order valence-corrected chi connectivity index (χ0v) is 14.1.